The van der Waals surface area contributed by atoms with E-state index in [-0.39, 0.29) is 37.5 Å². The number of urea groups is 1. The van der Waals surface area contributed by atoms with Gasteiger partial charge >= 0.3 is 6.03 Å². The molecule has 0 saturated heterocycles. The third-order valence-corrected chi connectivity index (χ3v) is 2.92. The van der Waals surface area contributed by atoms with Crippen molar-refractivity contribution in [3.05, 3.63) is 24.2 Å². The summed E-state index contributed by atoms with van der Waals surface area (Å²) >= 11 is 0. The van der Waals surface area contributed by atoms with Crippen LogP contribution >= 0.6 is 0 Å². The number of rotatable bonds is 8. The zero-order valence-electron chi connectivity index (χ0n) is 13.7. The largest absolute Gasteiger partial charge is 0.467 e. The van der Waals surface area contributed by atoms with Crippen molar-refractivity contribution in [1.29, 1.82) is 0 Å². The van der Waals surface area contributed by atoms with Crippen molar-refractivity contribution in [2.24, 2.45) is 0 Å². The number of nitrogens with one attached hydrogen (secondary N) is 3. The highest BCUT2D eigenvalue weighted by molar-refractivity contribution is 5.88. The minimum Gasteiger partial charge on any atom is -0.467 e. The first-order valence-corrected chi connectivity index (χ1v) is 7.53. The fourth-order valence-corrected chi connectivity index (χ4v) is 1.83. The smallest absolute Gasteiger partial charge is 0.315 e. The van der Waals surface area contributed by atoms with Gasteiger partial charge in [0.1, 0.15) is 5.76 Å². The van der Waals surface area contributed by atoms with Gasteiger partial charge in [-0.05, 0) is 32.9 Å². The van der Waals surface area contributed by atoms with E-state index in [1.165, 1.54) is 11.2 Å². The predicted molar refractivity (Wildman–Crippen MR) is 84.5 cm³/mol. The lowest BCUT2D eigenvalue weighted by Crippen LogP contribution is -2.47. The van der Waals surface area contributed by atoms with Crippen LogP contribution in [-0.2, 0) is 16.1 Å². The van der Waals surface area contributed by atoms with Gasteiger partial charge in [0, 0.05) is 12.6 Å². The summed E-state index contributed by atoms with van der Waals surface area (Å²) in [6.07, 6.45) is 1.51. The van der Waals surface area contributed by atoms with Crippen molar-refractivity contribution in [1.82, 2.24) is 20.9 Å². The molecule has 0 aliphatic heterocycles. The van der Waals surface area contributed by atoms with E-state index >= 15 is 0 Å². The van der Waals surface area contributed by atoms with Crippen molar-refractivity contribution in [3.8, 4) is 0 Å². The third-order valence-electron chi connectivity index (χ3n) is 2.92. The van der Waals surface area contributed by atoms with Crippen LogP contribution in [0.25, 0.3) is 0 Å². The number of nitrogens with zero attached hydrogens (tertiary/aromatic N) is 1. The molecule has 0 aromatic carbocycles. The van der Waals surface area contributed by atoms with Gasteiger partial charge in [-0.15, -0.1) is 0 Å². The monoisotopic (exact) mass is 324 g/mol. The first-order valence-electron chi connectivity index (χ1n) is 7.53. The lowest BCUT2D eigenvalue weighted by atomic mass is 10.3. The second kappa shape index (κ2) is 9.50. The molecule has 23 heavy (non-hydrogen) atoms. The van der Waals surface area contributed by atoms with Crippen molar-refractivity contribution >= 4 is 17.8 Å². The summed E-state index contributed by atoms with van der Waals surface area (Å²) in [5, 5.41) is 7.75. The third kappa shape index (κ3) is 7.35. The van der Waals surface area contributed by atoms with Crippen LogP contribution < -0.4 is 16.0 Å². The molecule has 1 heterocycles. The van der Waals surface area contributed by atoms with E-state index in [0.717, 1.165) is 0 Å². The van der Waals surface area contributed by atoms with Gasteiger partial charge in [0.05, 0.1) is 25.9 Å². The summed E-state index contributed by atoms with van der Waals surface area (Å²) in [6, 6.07) is 3.00. The Labute approximate surface area is 135 Å². The molecule has 0 aliphatic rings. The maximum atomic E-state index is 12.0. The highest BCUT2D eigenvalue weighted by Gasteiger charge is 2.16. The number of carbonyl (C=O) groups is 3. The summed E-state index contributed by atoms with van der Waals surface area (Å²) in [7, 11) is 0. The Balaban J connectivity index is 2.31. The molecule has 0 bridgehead atoms. The van der Waals surface area contributed by atoms with Gasteiger partial charge < -0.3 is 25.3 Å². The van der Waals surface area contributed by atoms with E-state index < -0.39 is 6.03 Å². The second-order valence-corrected chi connectivity index (χ2v) is 5.25. The normalized spacial score (nSPS) is 10.3. The molecule has 0 saturated carbocycles. The molecule has 128 valence electrons. The van der Waals surface area contributed by atoms with Crippen molar-refractivity contribution < 1.29 is 18.8 Å². The average molecular weight is 324 g/mol. The molecule has 0 unspecified atom stereocenters. The van der Waals surface area contributed by atoms with Crippen LogP contribution in [0, 0.1) is 0 Å². The van der Waals surface area contributed by atoms with E-state index in [1.54, 1.807) is 19.1 Å². The van der Waals surface area contributed by atoms with Gasteiger partial charge in [-0.25, -0.2) is 4.79 Å². The summed E-state index contributed by atoms with van der Waals surface area (Å²) in [5.41, 5.74) is 0. The molecule has 1 aromatic rings. The Bertz CT molecular complexity index is 514. The Hall–Kier alpha value is -2.51. The van der Waals surface area contributed by atoms with Crippen LogP contribution in [0.2, 0.25) is 0 Å². The maximum Gasteiger partial charge on any atom is 0.315 e. The number of likely N-dealkylation sites (N-methyl/N-ethyl adjacent to an activating group) is 1. The molecule has 1 rings (SSSR count). The van der Waals surface area contributed by atoms with Gasteiger partial charge in [0.2, 0.25) is 11.8 Å². The average Bonchev–Trinajstić information content (AvgIpc) is 3.00. The van der Waals surface area contributed by atoms with Crippen LogP contribution in [0.5, 0.6) is 0 Å². The fourth-order valence-electron chi connectivity index (χ4n) is 1.83. The molecule has 0 aliphatic carbocycles. The van der Waals surface area contributed by atoms with Crippen LogP contribution in [0.4, 0.5) is 4.79 Å². The minimum atomic E-state index is -0.475. The summed E-state index contributed by atoms with van der Waals surface area (Å²) in [6.45, 7) is 5.90. The van der Waals surface area contributed by atoms with E-state index in [4.69, 9.17) is 4.42 Å². The number of amides is 4. The Morgan fingerprint density at radius 2 is 2.00 bits per heavy atom. The lowest BCUT2D eigenvalue weighted by molar-refractivity contribution is -0.135. The number of carbonyl (C=O) groups excluding carboxylic acids is 3. The Morgan fingerprint density at radius 1 is 1.26 bits per heavy atom. The molecule has 0 atom stereocenters. The van der Waals surface area contributed by atoms with Crippen molar-refractivity contribution in [2.45, 2.75) is 33.4 Å². The molecular weight excluding hydrogens is 300 g/mol. The molecule has 1 aromatic heterocycles. The highest BCUT2D eigenvalue weighted by atomic mass is 16.3. The van der Waals surface area contributed by atoms with Crippen molar-refractivity contribution in [2.75, 3.05) is 19.6 Å². The lowest BCUT2D eigenvalue weighted by Gasteiger charge is -2.21. The molecule has 0 spiro atoms. The minimum absolute atomic E-state index is 0.0156. The second-order valence-electron chi connectivity index (χ2n) is 5.25. The molecule has 0 radical (unpaired) electrons. The fraction of sp³-hybridized carbons (Fsp3) is 0.533. The zero-order valence-corrected chi connectivity index (χ0v) is 13.7. The van der Waals surface area contributed by atoms with Gasteiger partial charge in [0.25, 0.3) is 0 Å². The highest BCUT2D eigenvalue weighted by Crippen LogP contribution is 1.98. The van der Waals surface area contributed by atoms with E-state index in [9.17, 15) is 14.4 Å². The first-order chi connectivity index (χ1) is 10.9. The first kappa shape index (κ1) is 18.5. The van der Waals surface area contributed by atoms with Crippen LogP contribution in [0.3, 0.4) is 0 Å². The quantitative estimate of drug-likeness (QED) is 0.646. The van der Waals surface area contributed by atoms with E-state index in [0.29, 0.717) is 12.3 Å². The summed E-state index contributed by atoms with van der Waals surface area (Å²) < 4.78 is 5.08. The SMILES string of the molecule is CCN(CC(=O)NC(C)C)C(=O)CNC(=O)NCc1ccco1. The molecule has 0 fully saturated rings. The zero-order chi connectivity index (χ0) is 17.2. The van der Waals surface area contributed by atoms with Gasteiger partial charge in [-0.2, -0.15) is 0 Å². The molecule has 8 nitrogen and oxygen atoms in total. The van der Waals surface area contributed by atoms with E-state index in [1.807, 2.05) is 13.8 Å². The van der Waals surface area contributed by atoms with E-state index in [2.05, 4.69) is 16.0 Å². The van der Waals surface area contributed by atoms with Gasteiger partial charge in [-0.3, -0.25) is 9.59 Å². The topological polar surface area (TPSA) is 104 Å². The van der Waals surface area contributed by atoms with Crippen molar-refractivity contribution in [3.63, 3.8) is 0 Å². The van der Waals surface area contributed by atoms with Crippen LogP contribution in [-0.4, -0.2) is 48.4 Å². The number of hydrogen-bond donors (Lipinski definition) is 3. The Kier molecular flexibility index (Phi) is 7.65. The molecule has 4 amide bonds. The van der Waals surface area contributed by atoms with Crippen LogP contribution in [0.1, 0.15) is 26.5 Å². The Morgan fingerprint density at radius 3 is 2.57 bits per heavy atom. The number of hydrogen-bond acceptors (Lipinski definition) is 4. The van der Waals surface area contributed by atoms with Gasteiger partial charge in [-0.1, -0.05) is 0 Å². The standard InChI is InChI=1S/C15H24N4O4/c1-4-19(10-13(20)18-11(2)3)14(21)9-17-15(22)16-8-12-6-5-7-23-12/h5-7,11H,4,8-10H2,1-3H3,(H,18,20)(H2,16,17,22). The summed E-state index contributed by atoms with van der Waals surface area (Å²) in [5.74, 6) is 0.0732. The summed E-state index contributed by atoms with van der Waals surface area (Å²) in [4.78, 5) is 36.7. The van der Waals surface area contributed by atoms with Gasteiger partial charge in [0.15, 0.2) is 0 Å². The molecule has 3 N–H and O–H groups in total. The molecule has 8 heteroatoms. The maximum absolute atomic E-state index is 12.0. The predicted octanol–water partition coefficient (Wildman–Crippen LogP) is 0.452. The number of furan rings is 1. The molecular formula is C15H24N4O4. The van der Waals surface area contributed by atoms with Crippen LogP contribution in [0.15, 0.2) is 22.8 Å².